The third-order valence-electron chi connectivity index (χ3n) is 3.57. The van der Waals surface area contributed by atoms with Crippen molar-refractivity contribution in [2.75, 3.05) is 0 Å². The standard InChI is InChI=1S/C15H15Cl2NO/c16-13-3-1-2-11(14(13)17)8-18-7-6-12(9-18)15(19)10-4-5-10/h1-3,6-7,9-10,15,19H,4-5,8H2. The number of rotatable bonds is 4. The van der Waals surface area contributed by atoms with Gasteiger partial charge in [-0.25, -0.2) is 0 Å². The van der Waals surface area contributed by atoms with Crippen LogP contribution in [0.15, 0.2) is 36.7 Å². The van der Waals surface area contributed by atoms with E-state index in [2.05, 4.69) is 0 Å². The summed E-state index contributed by atoms with van der Waals surface area (Å²) in [4.78, 5) is 0. The van der Waals surface area contributed by atoms with Crippen LogP contribution in [0.3, 0.4) is 0 Å². The molecule has 1 aliphatic carbocycles. The summed E-state index contributed by atoms with van der Waals surface area (Å²) in [6, 6.07) is 7.62. The van der Waals surface area contributed by atoms with Gasteiger partial charge in [-0.1, -0.05) is 35.3 Å². The maximum absolute atomic E-state index is 10.1. The van der Waals surface area contributed by atoms with Gasteiger partial charge in [-0.05, 0) is 42.0 Å². The Bertz CT molecular complexity index is 590. The van der Waals surface area contributed by atoms with E-state index in [-0.39, 0.29) is 6.10 Å². The summed E-state index contributed by atoms with van der Waals surface area (Å²) in [5.74, 6) is 0.450. The number of halogens is 2. The molecule has 2 nitrogen and oxygen atoms in total. The van der Waals surface area contributed by atoms with Crippen LogP contribution in [0.4, 0.5) is 0 Å². The largest absolute Gasteiger partial charge is 0.388 e. The quantitative estimate of drug-likeness (QED) is 0.894. The van der Waals surface area contributed by atoms with Gasteiger partial charge in [0, 0.05) is 18.9 Å². The predicted octanol–water partition coefficient (Wildman–Crippen LogP) is 4.29. The van der Waals surface area contributed by atoms with E-state index in [1.807, 2.05) is 35.2 Å². The third kappa shape index (κ3) is 2.81. The fourth-order valence-corrected chi connectivity index (χ4v) is 2.66. The molecular weight excluding hydrogens is 281 g/mol. The van der Waals surface area contributed by atoms with Gasteiger partial charge < -0.3 is 9.67 Å². The first-order valence-corrected chi connectivity index (χ1v) is 7.17. The number of aliphatic hydroxyl groups is 1. The van der Waals surface area contributed by atoms with E-state index in [4.69, 9.17) is 23.2 Å². The zero-order chi connectivity index (χ0) is 13.4. The van der Waals surface area contributed by atoms with Crippen molar-refractivity contribution in [1.29, 1.82) is 0 Å². The molecule has 1 aromatic heterocycles. The highest BCUT2D eigenvalue weighted by Crippen LogP contribution is 2.40. The Morgan fingerprint density at radius 2 is 2.05 bits per heavy atom. The fourth-order valence-electron chi connectivity index (χ4n) is 2.28. The Balaban J connectivity index is 1.78. The van der Waals surface area contributed by atoms with Gasteiger partial charge in [-0.15, -0.1) is 0 Å². The Morgan fingerprint density at radius 3 is 2.79 bits per heavy atom. The SMILES string of the molecule is OC(c1ccn(Cc2cccc(Cl)c2Cl)c1)C1CC1. The average Bonchev–Trinajstić information content (AvgIpc) is 3.14. The second kappa shape index (κ2) is 5.20. The van der Waals surface area contributed by atoms with Crippen molar-refractivity contribution in [3.63, 3.8) is 0 Å². The van der Waals surface area contributed by atoms with Crippen molar-refractivity contribution in [1.82, 2.24) is 4.57 Å². The lowest BCUT2D eigenvalue weighted by atomic mass is 10.1. The maximum Gasteiger partial charge on any atom is 0.0832 e. The van der Waals surface area contributed by atoms with Crippen LogP contribution >= 0.6 is 23.2 Å². The van der Waals surface area contributed by atoms with Crippen molar-refractivity contribution in [3.05, 3.63) is 57.8 Å². The first-order chi connectivity index (χ1) is 9.15. The Kier molecular flexibility index (Phi) is 3.57. The predicted molar refractivity (Wildman–Crippen MR) is 77.7 cm³/mol. The summed E-state index contributed by atoms with van der Waals surface area (Å²) in [6.07, 6.45) is 5.90. The Labute approximate surface area is 122 Å². The van der Waals surface area contributed by atoms with Gasteiger partial charge in [0.25, 0.3) is 0 Å². The summed E-state index contributed by atoms with van der Waals surface area (Å²) < 4.78 is 2.03. The van der Waals surface area contributed by atoms with Crippen molar-refractivity contribution in [2.24, 2.45) is 5.92 Å². The monoisotopic (exact) mass is 295 g/mol. The summed E-state index contributed by atoms with van der Waals surface area (Å²) >= 11 is 12.2. The van der Waals surface area contributed by atoms with E-state index in [0.29, 0.717) is 22.5 Å². The molecule has 4 heteroatoms. The van der Waals surface area contributed by atoms with Crippen molar-refractivity contribution >= 4 is 23.2 Å². The van der Waals surface area contributed by atoms with Crippen LogP contribution in [0, 0.1) is 5.92 Å². The highest BCUT2D eigenvalue weighted by atomic mass is 35.5. The Hall–Kier alpha value is -0.960. The van der Waals surface area contributed by atoms with E-state index >= 15 is 0 Å². The van der Waals surface area contributed by atoms with Gasteiger partial charge in [0.1, 0.15) is 0 Å². The number of hydrogen-bond acceptors (Lipinski definition) is 1. The molecule has 1 heterocycles. The van der Waals surface area contributed by atoms with Crippen molar-refractivity contribution in [2.45, 2.75) is 25.5 Å². The van der Waals surface area contributed by atoms with E-state index in [9.17, 15) is 5.11 Å². The van der Waals surface area contributed by atoms with Gasteiger partial charge in [0.05, 0.1) is 16.1 Å². The lowest BCUT2D eigenvalue weighted by molar-refractivity contribution is 0.154. The molecule has 3 rings (SSSR count). The molecule has 0 saturated heterocycles. The zero-order valence-electron chi connectivity index (χ0n) is 10.4. The molecule has 1 saturated carbocycles. The minimum absolute atomic E-state index is 0.323. The second-order valence-electron chi connectivity index (χ2n) is 5.11. The van der Waals surface area contributed by atoms with Crippen LogP contribution in [-0.4, -0.2) is 9.67 Å². The molecule has 2 aromatic rings. The first-order valence-electron chi connectivity index (χ1n) is 6.42. The molecule has 0 spiro atoms. The normalized spacial score (nSPS) is 16.6. The van der Waals surface area contributed by atoms with E-state index in [0.717, 1.165) is 24.0 Å². The topological polar surface area (TPSA) is 25.2 Å². The minimum atomic E-state index is -0.323. The van der Waals surface area contributed by atoms with Gasteiger partial charge in [0.2, 0.25) is 0 Å². The lowest BCUT2D eigenvalue weighted by Gasteiger charge is -2.08. The van der Waals surface area contributed by atoms with Gasteiger partial charge in [-0.3, -0.25) is 0 Å². The summed E-state index contributed by atoms with van der Waals surface area (Å²) in [6.45, 7) is 0.663. The molecule has 1 unspecified atom stereocenters. The molecule has 1 fully saturated rings. The van der Waals surface area contributed by atoms with Crippen LogP contribution in [0.2, 0.25) is 10.0 Å². The molecule has 0 amide bonds. The van der Waals surface area contributed by atoms with E-state index in [1.165, 1.54) is 0 Å². The van der Waals surface area contributed by atoms with E-state index in [1.54, 1.807) is 6.07 Å². The molecule has 100 valence electrons. The second-order valence-corrected chi connectivity index (χ2v) is 5.90. The molecule has 0 aliphatic heterocycles. The molecular formula is C15H15Cl2NO. The molecule has 1 N–H and O–H groups in total. The maximum atomic E-state index is 10.1. The molecule has 0 bridgehead atoms. The van der Waals surface area contributed by atoms with Crippen LogP contribution < -0.4 is 0 Å². The van der Waals surface area contributed by atoms with E-state index < -0.39 is 0 Å². The van der Waals surface area contributed by atoms with Gasteiger partial charge >= 0.3 is 0 Å². The molecule has 1 aliphatic rings. The summed E-state index contributed by atoms with van der Waals surface area (Å²) in [5.41, 5.74) is 1.97. The smallest absolute Gasteiger partial charge is 0.0832 e. The van der Waals surface area contributed by atoms with Crippen LogP contribution in [0.1, 0.15) is 30.1 Å². The zero-order valence-corrected chi connectivity index (χ0v) is 11.9. The van der Waals surface area contributed by atoms with Gasteiger partial charge in [0.15, 0.2) is 0 Å². The average molecular weight is 296 g/mol. The number of aliphatic hydroxyl groups excluding tert-OH is 1. The lowest BCUT2D eigenvalue weighted by Crippen LogP contribution is -2.00. The highest BCUT2D eigenvalue weighted by molar-refractivity contribution is 6.42. The minimum Gasteiger partial charge on any atom is -0.388 e. The first kappa shape index (κ1) is 13.0. The molecule has 19 heavy (non-hydrogen) atoms. The molecule has 0 radical (unpaired) electrons. The molecule has 1 atom stereocenters. The highest BCUT2D eigenvalue weighted by Gasteiger charge is 2.31. The Morgan fingerprint density at radius 1 is 1.26 bits per heavy atom. The van der Waals surface area contributed by atoms with Crippen molar-refractivity contribution < 1.29 is 5.11 Å². The van der Waals surface area contributed by atoms with Crippen LogP contribution in [0.25, 0.3) is 0 Å². The number of aromatic nitrogens is 1. The van der Waals surface area contributed by atoms with Crippen molar-refractivity contribution in [3.8, 4) is 0 Å². The summed E-state index contributed by atoms with van der Waals surface area (Å²) in [7, 11) is 0. The molecule has 1 aromatic carbocycles. The fraction of sp³-hybridized carbons (Fsp3) is 0.333. The summed E-state index contributed by atoms with van der Waals surface area (Å²) in [5, 5.41) is 11.3. The van der Waals surface area contributed by atoms with Crippen LogP contribution in [-0.2, 0) is 6.54 Å². The third-order valence-corrected chi connectivity index (χ3v) is 4.43. The van der Waals surface area contributed by atoms with Crippen LogP contribution in [0.5, 0.6) is 0 Å². The number of hydrogen-bond donors (Lipinski definition) is 1. The number of nitrogens with zero attached hydrogens (tertiary/aromatic N) is 1. The number of benzene rings is 1. The van der Waals surface area contributed by atoms with Gasteiger partial charge in [-0.2, -0.15) is 0 Å².